The molecule has 0 aromatic heterocycles. The largest absolute Gasteiger partial charge is 0.480 e. The maximum atomic E-state index is 11.0. The Labute approximate surface area is 128 Å². The molecule has 0 spiro atoms. The topological polar surface area (TPSA) is 43.8 Å². The van der Waals surface area contributed by atoms with Gasteiger partial charge in [-0.25, -0.2) is 0 Å². The first kappa shape index (κ1) is 15.6. The standard InChI is InChI=1S/C14H18Cl2N2O2/c1-10(14(19)20)18-7-5-17(6-8-18)9-11-3-2-4-12(15)13(11)16/h2-4,10H,5-9H2,1H3,(H,19,20). The van der Waals surface area contributed by atoms with Gasteiger partial charge in [0.1, 0.15) is 6.04 Å². The van der Waals surface area contributed by atoms with Crippen LogP contribution in [0.3, 0.4) is 0 Å². The first-order chi connectivity index (χ1) is 9.49. The van der Waals surface area contributed by atoms with Gasteiger partial charge < -0.3 is 5.11 Å². The molecule has 0 saturated carbocycles. The molecule has 1 aliphatic heterocycles. The molecule has 1 N–H and O–H groups in total. The van der Waals surface area contributed by atoms with E-state index in [4.69, 9.17) is 28.3 Å². The van der Waals surface area contributed by atoms with Crippen molar-refractivity contribution in [3.05, 3.63) is 33.8 Å². The Morgan fingerprint density at radius 3 is 2.55 bits per heavy atom. The van der Waals surface area contributed by atoms with Crippen LogP contribution in [0.1, 0.15) is 12.5 Å². The van der Waals surface area contributed by atoms with Gasteiger partial charge in [0.25, 0.3) is 0 Å². The Morgan fingerprint density at radius 1 is 1.30 bits per heavy atom. The van der Waals surface area contributed by atoms with Crippen molar-refractivity contribution in [1.82, 2.24) is 9.80 Å². The van der Waals surface area contributed by atoms with Crippen LogP contribution in [0.4, 0.5) is 0 Å². The Hall–Kier alpha value is -0.810. The SMILES string of the molecule is CC(C(=O)O)N1CCN(Cc2cccc(Cl)c2Cl)CC1. The molecule has 1 unspecified atom stereocenters. The summed E-state index contributed by atoms with van der Waals surface area (Å²) < 4.78 is 0. The van der Waals surface area contributed by atoms with Crippen LogP contribution >= 0.6 is 23.2 Å². The number of rotatable bonds is 4. The third kappa shape index (κ3) is 3.64. The van der Waals surface area contributed by atoms with Crippen LogP contribution in [-0.4, -0.2) is 53.1 Å². The fourth-order valence-corrected chi connectivity index (χ4v) is 2.76. The molecule has 1 aliphatic rings. The number of carboxylic acids is 1. The van der Waals surface area contributed by atoms with Crippen LogP contribution in [0.5, 0.6) is 0 Å². The Balaban J connectivity index is 1.92. The highest BCUT2D eigenvalue weighted by atomic mass is 35.5. The number of nitrogens with zero attached hydrogens (tertiary/aromatic N) is 2. The van der Waals surface area contributed by atoms with Gasteiger partial charge in [0, 0.05) is 32.7 Å². The lowest BCUT2D eigenvalue weighted by Gasteiger charge is -2.36. The number of benzene rings is 1. The van der Waals surface area contributed by atoms with Gasteiger partial charge in [-0.3, -0.25) is 14.6 Å². The zero-order valence-corrected chi connectivity index (χ0v) is 12.9. The third-order valence-electron chi connectivity index (χ3n) is 3.74. The number of carboxylic acid groups (broad SMARTS) is 1. The molecular formula is C14H18Cl2N2O2. The van der Waals surface area contributed by atoms with E-state index in [0.717, 1.165) is 38.3 Å². The van der Waals surface area contributed by atoms with Gasteiger partial charge in [-0.05, 0) is 18.6 Å². The molecule has 2 rings (SSSR count). The van der Waals surface area contributed by atoms with Gasteiger partial charge in [0.15, 0.2) is 0 Å². The Kier molecular flexibility index (Phi) is 5.27. The van der Waals surface area contributed by atoms with Crippen LogP contribution in [0.2, 0.25) is 10.0 Å². The minimum absolute atomic E-state index is 0.424. The lowest BCUT2D eigenvalue weighted by atomic mass is 10.1. The van der Waals surface area contributed by atoms with Crippen LogP contribution in [0.25, 0.3) is 0 Å². The summed E-state index contributed by atoms with van der Waals surface area (Å²) in [5, 5.41) is 10.2. The predicted octanol–water partition coefficient (Wildman–Crippen LogP) is 2.58. The van der Waals surface area contributed by atoms with E-state index in [0.29, 0.717) is 10.0 Å². The molecule has 1 aromatic carbocycles. The second-order valence-corrected chi connectivity index (χ2v) is 5.82. The second kappa shape index (κ2) is 6.76. The molecule has 6 heteroatoms. The van der Waals surface area contributed by atoms with Crippen molar-refractivity contribution in [1.29, 1.82) is 0 Å². The maximum Gasteiger partial charge on any atom is 0.320 e. The van der Waals surface area contributed by atoms with Crippen molar-refractivity contribution < 1.29 is 9.90 Å². The van der Waals surface area contributed by atoms with Gasteiger partial charge in [-0.1, -0.05) is 35.3 Å². The highest BCUT2D eigenvalue weighted by molar-refractivity contribution is 6.42. The summed E-state index contributed by atoms with van der Waals surface area (Å²) in [6.45, 7) is 5.65. The maximum absolute atomic E-state index is 11.0. The minimum atomic E-state index is -0.767. The molecular weight excluding hydrogens is 299 g/mol. The molecule has 0 amide bonds. The predicted molar refractivity (Wildman–Crippen MR) is 80.4 cm³/mol. The van der Waals surface area contributed by atoms with Crippen LogP contribution in [-0.2, 0) is 11.3 Å². The number of carbonyl (C=O) groups is 1. The van der Waals surface area contributed by atoms with E-state index in [-0.39, 0.29) is 0 Å². The molecule has 110 valence electrons. The molecule has 0 bridgehead atoms. The molecule has 1 atom stereocenters. The summed E-state index contributed by atoms with van der Waals surface area (Å²) in [6.07, 6.45) is 0. The first-order valence-electron chi connectivity index (χ1n) is 6.61. The van der Waals surface area contributed by atoms with E-state index >= 15 is 0 Å². The minimum Gasteiger partial charge on any atom is -0.480 e. The van der Waals surface area contributed by atoms with Crippen molar-refractivity contribution in [2.75, 3.05) is 26.2 Å². The van der Waals surface area contributed by atoms with Crippen LogP contribution in [0.15, 0.2) is 18.2 Å². The fraction of sp³-hybridized carbons (Fsp3) is 0.500. The van der Waals surface area contributed by atoms with Crippen molar-refractivity contribution in [2.24, 2.45) is 0 Å². The normalized spacial score (nSPS) is 18.9. The molecule has 1 saturated heterocycles. The van der Waals surface area contributed by atoms with Gasteiger partial charge in [-0.15, -0.1) is 0 Å². The number of piperazine rings is 1. The first-order valence-corrected chi connectivity index (χ1v) is 7.36. The van der Waals surface area contributed by atoms with Crippen molar-refractivity contribution in [2.45, 2.75) is 19.5 Å². The summed E-state index contributed by atoms with van der Waals surface area (Å²) >= 11 is 12.2. The van der Waals surface area contributed by atoms with Gasteiger partial charge in [0.2, 0.25) is 0 Å². The zero-order valence-electron chi connectivity index (χ0n) is 11.4. The number of hydrogen-bond donors (Lipinski definition) is 1. The van der Waals surface area contributed by atoms with Crippen LogP contribution in [0, 0.1) is 0 Å². The van der Waals surface area contributed by atoms with Crippen molar-refractivity contribution >= 4 is 29.2 Å². The summed E-state index contributed by atoms with van der Waals surface area (Å²) in [6, 6.07) is 5.22. The van der Waals surface area contributed by atoms with E-state index in [1.807, 2.05) is 17.0 Å². The second-order valence-electron chi connectivity index (χ2n) is 5.04. The third-order valence-corrected chi connectivity index (χ3v) is 4.60. The van der Waals surface area contributed by atoms with E-state index < -0.39 is 12.0 Å². The Morgan fingerprint density at radius 2 is 1.95 bits per heavy atom. The van der Waals surface area contributed by atoms with Crippen molar-refractivity contribution in [3.63, 3.8) is 0 Å². The zero-order chi connectivity index (χ0) is 14.7. The van der Waals surface area contributed by atoms with Gasteiger partial charge in [-0.2, -0.15) is 0 Å². The molecule has 1 fully saturated rings. The van der Waals surface area contributed by atoms with Gasteiger partial charge in [0.05, 0.1) is 10.0 Å². The Bertz CT molecular complexity index is 488. The summed E-state index contributed by atoms with van der Waals surface area (Å²) in [4.78, 5) is 15.2. The van der Waals surface area contributed by atoms with E-state index in [1.165, 1.54) is 0 Å². The summed E-state index contributed by atoms with van der Waals surface area (Å²) in [7, 11) is 0. The number of hydrogen-bond acceptors (Lipinski definition) is 3. The smallest absolute Gasteiger partial charge is 0.320 e. The number of halogens is 2. The molecule has 0 aliphatic carbocycles. The van der Waals surface area contributed by atoms with E-state index in [1.54, 1.807) is 13.0 Å². The molecule has 4 nitrogen and oxygen atoms in total. The lowest BCUT2D eigenvalue weighted by molar-refractivity contribution is -0.143. The highest BCUT2D eigenvalue weighted by Crippen LogP contribution is 2.26. The highest BCUT2D eigenvalue weighted by Gasteiger charge is 2.25. The summed E-state index contributed by atoms with van der Waals surface area (Å²) in [5.41, 5.74) is 1.01. The number of aliphatic carboxylic acids is 1. The van der Waals surface area contributed by atoms with Crippen LogP contribution < -0.4 is 0 Å². The molecule has 1 aromatic rings. The average Bonchev–Trinajstić information content (AvgIpc) is 2.44. The van der Waals surface area contributed by atoms with Crippen molar-refractivity contribution in [3.8, 4) is 0 Å². The fourth-order valence-electron chi connectivity index (χ4n) is 2.38. The van der Waals surface area contributed by atoms with E-state index in [2.05, 4.69) is 4.90 Å². The molecule has 0 radical (unpaired) electrons. The van der Waals surface area contributed by atoms with E-state index in [9.17, 15) is 4.79 Å². The quantitative estimate of drug-likeness (QED) is 0.927. The average molecular weight is 317 g/mol. The molecule has 20 heavy (non-hydrogen) atoms. The monoisotopic (exact) mass is 316 g/mol. The summed E-state index contributed by atoms with van der Waals surface area (Å²) in [5.74, 6) is -0.767. The molecule has 1 heterocycles. The lowest BCUT2D eigenvalue weighted by Crippen LogP contribution is -2.51. The van der Waals surface area contributed by atoms with Gasteiger partial charge >= 0.3 is 5.97 Å².